The van der Waals surface area contributed by atoms with Crippen molar-refractivity contribution in [2.75, 3.05) is 13.7 Å². The standard InChI is InChI=1S/C15H20O2/c1-4-6-13(5-2)11-17-12-14-7-9-15(16-3)10-8-14/h7-10H,2,4,6,11-12H2,1,3H3. The minimum absolute atomic E-state index is 0.610. The van der Waals surface area contributed by atoms with Gasteiger partial charge in [0.2, 0.25) is 0 Å². The second-order valence-corrected chi connectivity index (χ2v) is 3.87. The molecule has 0 atom stereocenters. The maximum absolute atomic E-state index is 5.62. The van der Waals surface area contributed by atoms with Crippen LogP contribution < -0.4 is 4.74 Å². The van der Waals surface area contributed by atoms with Crippen molar-refractivity contribution in [3.05, 3.63) is 47.7 Å². The third kappa shape index (κ3) is 4.90. The molecule has 0 radical (unpaired) electrons. The second-order valence-electron chi connectivity index (χ2n) is 3.87. The zero-order valence-electron chi connectivity index (χ0n) is 10.7. The van der Waals surface area contributed by atoms with E-state index in [1.54, 1.807) is 7.11 Å². The van der Waals surface area contributed by atoms with Gasteiger partial charge in [-0.3, -0.25) is 0 Å². The number of benzene rings is 1. The Hall–Kier alpha value is -1.50. The molecule has 0 bridgehead atoms. The number of methoxy groups -OCH3 is 1. The smallest absolute Gasteiger partial charge is 0.118 e. The Morgan fingerprint density at radius 2 is 2.00 bits per heavy atom. The molecule has 1 aromatic carbocycles. The minimum atomic E-state index is 0.610. The molecule has 0 aromatic heterocycles. The topological polar surface area (TPSA) is 18.5 Å². The molecule has 0 aliphatic rings. The lowest BCUT2D eigenvalue weighted by atomic mass is 10.2. The first kappa shape index (κ1) is 13.6. The van der Waals surface area contributed by atoms with Crippen molar-refractivity contribution in [1.82, 2.24) is 0 Å². The Kier molecular flexibility index (Phi) is 6.16. The molecule has 0 aliphatic carbocycles. The Morgan fingerprint density at radius 1 is 1.29 bits per heavy atom. The van der Waals surface area contributed by atoms with Gasteiger partial charge in [-0.25, -0.2) is 0 Å². The first-order valence-electron chi connectivity index (χ1n) is 5.88. The number of hydrogen-bond acceptors (Lipinski definition) is 2. The summed E-state index contributed by atoms with van der Waals surface area (Å²) in [7, 11) is 1.66. The lowest BCUT2D eigenvalue weighted by Crippen LogP contribution is -1.98. The highest BCUT2D eigenvalue weighted by Crippen LogP contribution is 2.12. The van der Waals surface area contributed by atoms with Gasteiger partial charge >= 0.3 is 0 Å². The third-order valence-electron chi connectivity index (χ3n) is 2.51. The average Bonchev–Trinajstić information content (AvgIpc) is 2.38. The molecule has 0 amide bonds. The van der Waals surface area contributed by atoms with Crippen LogP contribution in [0, 0.1) is 0 Å². The maximum atomic E-state index is 5.62. The van der Waals surface area contributed by atoms with Gasteiger partial charge in [0.05, 0.1) is 20.3 Å². The van der Waals surface area contributed by atoms with Gasteiger partial charge in [0, 0.05) is 0 Å². The lowest BCUT2D eigenvalue weighted by Gasteiger charge is -2.06. The predicted octanol–water partition coefficient (Wildman–Crippen LogP) is 3.72. The van der Waals surface area contributed by atoms with E-state index in [0.717, 1.165) is 29.7 Å². The fourth-order valence-corrected chi connectivity index (χ4v) is 1.53. The average molecular weight is 232 g/mol. The molecule has 2 nitrogen and oxygen atoms in total. The summed E-state index contributed by atoms with van der Waals surface area (Å²) in [6, 6.07) is 7.90. The van der Waals surface area contributed by atoms with E-state index in [-0.39, 0.29) is 0 Å². The molecular weight excluding hydrogens is 212 g/mol. The quantitative estimate of drug-likeness (QED) is 0.667. The van der Waals surface area contributed by atoms with Crippen LogP contribution >= 0.6 is 0 Å². The largest absolute Gasteiger partial charge is 0.497 e. The summed E-state index contributed by atoms with van der Waals surface area (Å²) in [4.78, 5) is 0. The first-order valence-corrected chi connectivity index (χ1v) is 5.88. The van der Waals surface area contributed by atoms with Gasteiger partial charge in [-0.2, -0.15) is 0 Å². The van der Waals surface area contributed by atoms with Crippen molar-refractivity contribution in [2.45, 2.75) is 26.4 Å². The van der Waals surface area contributed by atoms with E-state index in [2.05, 4.69) is 19.2 Å². The van der Waals surface area contributed by atoms with E-state index in [4.69, 9.17) is 9.47 Å². The van der Waals surface area contributed by atoms with Gasteiger partial charge in [0.1, 0.15) is 5.75 Å². The summed E-state index contributed by atoms with van der Waals surface area (Å²) in [5.41, 5.74) is 5.21. The molecule has 0 saturated carbocycles. The fraction of sp³-hybridized carbons (Fsp3) is 0.400. The first-order chi connectivity index (χ1) is 8.30. The maximum Gasteiger partial charge on any atom is 0.118 e. The molecule has 1 rings (SSSR count). The molecule has 0 fully saturated rings. The van der Waals surface area contributed by atoms with Gasteiger partial charge in [0.25, 0.3) is 0 Å². The number of hydrogen-bond donors (Lipinski definition) is 0. The summed E-state index contributed by atoms with van der Waals surface area (Å²) in [5, 5.41) is 0. The molecule has 17 heavy (non-hydrogen) atoms. The van der Waals surface area contributed by atoms with Crippen molar-refractivity contribution < 1.29 is 9.47 Å². The summed E-state index contributed by atoms with van der Waals surface area (Å²) in [5.74, 6) is 0.867. The summed E-state index contributed by atoms with van der Waals surface area (Å²) < 4.78 is 10.7. The highest BCUT2D eigenvalue weighted by atomic mass is 16.5. The van der Waals surface area contributed by atoms with Crippen LogP contribution in [0.5, 0.6) is 5.75 Å². The van der Waals surface area contributed by atoms with Crippen LogP contribution in [-0.4, -0.2) is 13.7 Å². The van der Waals surface area contributed by atoms with Crippen LogP contribution in [-0.2, 0) is 11.3 Å². The third-order valence-corrected chi connectivity index (χ3v) is 2.51. The summed E-state index contributed by atoms with van der Waals surface area (Å²) in [6.07, 6.45) is 2.11. The number of rotatable bonds is 7. The zero-order valence-corrected chi connectivity index (χ0v) is 10.7. The fourth-order valence-electron chi connectivity index (χ4n) is 1.53. The van der Waals surface area contributed by atoms with Crippen LogP contribution in [0.1, 0.15) is 25.3 Å². The molecule has 1 aromatic rings. The van der Waals surface area contributed by atoms with Crippen molar-refractivity contribution >= 4 is 0 Å². The van der Waals surface area contributed by atoms with Crippen LogP contribution in [0.15, 0.2) is 42.1 Å². The van der Waals surface area contributed by atoms with Crippen LogP contribution in [0.3, 0.4) is 0 Å². The highest BCUT2D eigenvalue weighted by molar-refractivity contribution is 5.26. The van der Waals surface area contributed by atoms with Gasteiger partial charge in [-0.1, -0.05) is 32.1 Å². The number of ether oxygens (including phenoxy) is 2. The van der Waals surface area contributed by atoms with E-state index in [1.165, 1.54) is 0 Å². The van der Waals surface area contributed by atoms with Crippen molar-refractivity contribution in [1.29, 1.82) is 0 Å². The molecule has 0 unspecified atom stereocenters. The van der Waals surface area contributed by atoms with E-state index >= 15 is 0 Å². The van der Waals surface area contributed by atoms with Crippen LogP contribution in [0.2, 0.25) is 0 Å². The SMILES string of the molecule is C=C=C(CCC)COCc1ccc(OC)cc1. The van der Waals surface area contributed by atoms with Gasteiger partial charge < -0.3 is 9.47 Å². The molecular formula is C15H20O2. The summed E-state index contributed by atoms with van der Waals surface area (Å²) >= 11 is 0. The summed E-state index contributed by atoms with van der Waals surface area (Å²) in [6.45, 7) is 7.03. The van der Waals surface area contributed by atoms with Crippen LogP contribution in [0.4, 0.5) is 0 Å². The Morgan fingerprint density at radius 3 is 2.53 bits per heavy atom. The molecule has 0 N–H and O–H groups in total. The molecule has 2 heteroatoms. The normalized spacial score (nSPS) is 9.76. The van der Waals surface area contributed by atoms with E-state index < -0.39 is 0 Å². The Bertz CT molecular complexity index is 372. The molecule has 92 valence electrons. The van der Waals surface area contributed by atoms with Crippen molar-refractivity contribution in [2.24, 2.45) is 0 Å². The minimum Gasteiger partial charge on any atom is -0.497 e. The van der Waals surface area contributed by atoms with Crippen LogP contribution in [0.25, 0.3) is 0 Å². The van der Waals surface area contributed by atoms with Gasteiger partial charge in [-0.15, -0.1) is 5.73 Å². The highest BCUT2D eigenvalue weighted by Gasteiger charge is 1.98. The molecule has 0 heterocycles. The predicted molar refractivity (Wildman–Crippen MR) is 70.2 cm³/mol. The van der Waals surface area contributed by atoms with E-state index in [9.17, 15) is 0 Å². The Labute approximate surface area is 104 Å². The lowest BCUT2D eigenvalue weighted by molar-refractivity contribution is 0.140. The molecule has 0 spiro atoms. The molecule has 0 saturated heterocycles. The monoisotopic (exact) mass is 232 g/mol. The van der Waals surface area contributed by atoms with E-state index in [1.807, 2.05) is 24.3 Å². The van der Waals surface area contributed by atoms with Crippen molar-refractivity contribution in [3.8, 4) is 5.75 Å². The molecule has 0 aliphatic heterocycles. The van der Waals surface area contributed by atoms with E-state index in [0.29, 0.717) is 13.2 Å². The van der Waals surface area contributed by atoms with Gasteiger partial charge in [0.15, 0.2) is 0 Å². The van der Waals surface area contributed by atoms with Gasteiger partial charge in [-0.05, 0) is 29.7 Å². The zero-order chi connectivity index (χ0) is 12.5. The van der Waals surface area contributed by atoms with Crippen molar-refractivity contribution in [3.63, 3.8) is 0 Å². The Balaban J connectivity index is 2.37. The second kappa shape index (κ2) is 7.72.